The van der Waals surface area contributed by atoms with Gasteiger partial charge in [-0.3, -0.25) is 4.79 Å². The summed E-state index contributed by atoms with van der Waals surface area (Å²) < 4.78 is 5.84. The molecule has 0 fully saturated rings. The number of amides is 1. The average Bonchev–Trinajstić information content (AvgIpc) is 3.27. The SMILES string of the molecule is O=C(CCc1ncc(-c2ccccc2)o1)N(Cc1ccccc1)c1ccccc1. The maximum atomic E-state index is 13.1. The van der Waals surface area contributed by atoms with Crippen molar-refractivity contribution in [3.63, 3.8) is 0 Å². The van der Waals surface area contributed by atoms with Crippen LogP contribution in [0.1, 0.15) is 17.9 Å². The minimum atomic E-state index is 0.0412. The molecule has 4 heteroatoms. The van der Waals surface area contributed by atoms with Gasteiger partial charge in [0.2, 0.25) is 5.91 Å². The molecule has 144 valence electrons. The lowest BCUT2D eigenvalue weighted by molar-refractivity contribution is -0.118. The molecule has 1 aromatic heterocycles. The molecule has 0 bridgehead atoms. The van der Waals surface area contributed by atoms with Crippen LogP contribution >= 0.6 is 0 Å². The van der Waals surface area contributed by atoms with Crippen LogP contribution in [0.25, 0.3) is 11.3 Å². The van der Waals surface area contributed by atoms with Gasteiger partial charge in [0.05, 0.1) is 12.7 Å². The molecule has 3 aromatic carbocycles. The number of carbonyl (C=O) groups is 1. The van der Waals surface area contributed by atoms with Gasteiger partial charge in [-0.1, -0.05) is 78.9 Å². The summed E-state index contributed by atoms with van der Waals surface area (Å²) in [6.45, 7) is 0.532. The van der Waals surface area contributed by atoms with E-state index in [1.807, 2.05) is 95.9 Å². The van der Waals surface area contributed by atoms with E-state index in [0.717, 1.165) is 22.6 Å². The first-order valence-electron chi connectivity index (χ1n) is 9.69. The third kappa shape index (κ3) is 4.79. The second kappa shape index (κ2) is 9.02. The zero-order valence-electron chi connectivity index (χ0n) is 16.1. The smallest absolute Gasteiger partial charge is 0.227 e. The molecule has 0 saturated heterocycles. The summed E-state index contributed by atoms with van der Waals surface area (Å²) in [7, 11) is 0. The second-order valence-electron chi connectivity index (χ2n) is 6.79. The number of hydrogen-bond acceptors (Lipinski definition) is 3. The number of carbonyl (C=O) groups excluding carboxylic acids is 1. The fourth-order valence-corrected chi connectivity index (χ4v) is 3.21. The molecule has 29 heavy (non-hydrogen) atoms. The van der Waals surface area contributed by atoms with Crippen molar-refractivity contribution >= 4 is 11.6 Å². The summed E-state index contributed by atoms with van der Waals surface area (Å²) in [4.78, 5) is 19.2. The molecular formula is C25H22N2O2. The predicted molar refractivity (Wildman–Crippen MR) is 114 cm³/mol. The third-order valence-electron chi connectivity index (χ3n) is 4.72. The van der Waals surface area contributed by atoms with Crippen LogP contribution in [0.5, 0.6) is 0 Å². The fourth-order valence-electron chi connectivity index (χ4n) is 3.21. The monoisotopic (exact) mass is 382 g/mol. The highest BCUT2D eigenvalue weighted by Crippen LogP contribution is 2.22. The number of aromatic nitrogens is 1. The van der Waals surface area contributed by atoms with E-state index < -0.39 is 0 Å². The molecule has 0 aliphatic heterocycles. The highest BCUT2D eigenvalue weighted by atomic mass is 16.4. The molecule has 0 aliphatic carbocycles. The van der Waals surface area contributed by atoms with Crippen LogP contribution in [0.4, 0.5) is 5.69 Å². The lowest BCUT2D eigenvalue weighted by Gasteiger charge is -2.23. The second-order valence-corrected chi connectivity index (χ2v) is 6.79. The van der Waals surface area contributed by atoms with Crippen molar-refractivity contribution in [2.75, 3.05) is 4.90 Å². The van der Waals surface area contributed by atoms with Gasteiger partial charge in [0.1, 0.15) is 0 Å². The number of aryl methyl sites for hydroxylation is 1. The van der Waals surface area contributed by atoms with Crippen LogP contribution in [0, 0.1) is 0 Å². The first kappa shape index (κ1) is 18.7. The van der Waals surface area contributed by atoms with Crippen molar-refractivity contribution in [2.24, 2.45) is 0 Å². The molecule has 0 atom stereocenters. The summed E-state index contributed by atoms with van der Waals surface area (Å²) in [5.74, 6) is 1.33. The maximum absolute atomic E-state index is 13.1. The number of rotatable bonds is 7. The van der Waals surface area contributed by atoms with Crippen LogP contribution in [-0.2, 0) is 17.8 Å². The van der Waals surface area contributed by atoms with Gasteiger partial charge in [0.25, 0.3) is 0 Å². The number of hydrogen-bond donors (Lipinski definition) is 0. The Morgan fingerprint density at radius 3 is 2.14 bits per heavy atom. The minimum Gasteiger partial charge on any atom is -0.441 e. The summed E-state index contributed by atoms with van der Waals surface area (Å²) in [6, 6.07) is 29.6. The topological polar surface area (TPSA) is 46.3 Å². The average molecular weight is 382 g/mol. The Hall–Kier alpha value is -3.66. The van der Waals surface area contributed by atoms with E-state index in [-0.39, 0.29) is 5.91 Å². The standard InChI is InChI=1S/C25H22N2O2/c28-25(17-16-24-26-18-23(29-24)21-12-6-2-7-13-21)27(22-14-8-3-9-15-22)19-20-10-4-1-5-11-20/h1-15,18H,16-17,19H2. The Balaban J connectivity index is 1.46. The lowest BCUT2D eigenvalue weighted by atomic mass is 10.1. The summed E-state index contributed by atoms with van der Waals surface area (Å²) in [6.07, 6.45) is 2.51. The Morgan fingerprint density at radius 1 is 0.828 bits per heavy atom. The predicted octanol–water partition coefficient (Wildman–Crippen LogP) is 5.51. The van der Waals surface area contributed by atoms with Gasteiger partial charge >= 0.3 is 0 Å². The summed E-state index contributed by atoms with van der Waals surface area (Å²) in [5, 5.41) is 0. The third-order valence-corrected chi connectivity index (χ3v) is 4.72. The van der Waals surface area contributed by atoms with E-state index in [9.17, 15) is 4.79 Å². The van der Waals surface area contributed by atoms with Crippen LogP contribution in [-0.4, -0.2) is 10.9 Å². The first-order chi connectivity index (χ1) is 14.3. The molecule has 0 radical (unpaired) electrons. The number of oxazole rings is 1. The minimum absolute atomic E-state index is 0.0412. The van der Waals surface area contributed by atoms with E-state index >= 15 is 0 Å². The van der Waals surface area contributed by atoms with Crippen LogP contribution < -0.4 is 4.90 Å². The molecule has 1 amide bonds. The van der Waals surface area contributed by atoms with Gasteiger partial charge in [-0.15, -0.1) is 0 Å². The molecule has 0 saturated carbocycles. The largest absolute Gasteiger partial charge is 0.441 e. The van der Waals surface area contributed by atoms with Crippen molar-refractivity contribution < 1.29 is 9.21 Å². The lowest BCUT2D eigenvalue weighted by Crippen LogP contribution is -2.30. The normalized spacial score (nSPS) is 10.6. The van der Waals surface area contributed by atoms with Crippen LogP contribution in [0.3, 0.4) is 0 Å². The highest BCUT2D eigenvalue weighted by molar-refractivity contribution is 5.93. The van der Waals surface area contributed by atoms with E-state index in [0.29, 0.717) is 25.3 Å². The van der Waals surface area contributed by atoms with Gasteiger partial charge in [-0.05, 0) is 17.7 Å². The Kier molecular flexibility index (Phi) is 5.81. The molecular weight excluding hydrogens is 360 g/mol. The highest BCUT2D eigenvalue weighted by Gasteiger charge is 2.17. The van der Waals surface area contributed by atoms with Gasteiger partial charge in [0.15, 0.2) is 11.7 Å². The van der Waals surface area contributed by atoms with Crippen molar-refractivity contribution in [1.29, 1.82) is 0 Å². The summed E-state index contributed by atoms with van der Waals surface area (Å²) in [5.41, 5.74) is 2.96. The molecule has 4 rings (SSSR count). The fraction of sp³-hybridized carbons (Fsp3) is 0.120. The number of para-hydroxylation sites is 1. The van der Waals surface area contributed by atoms with Gasteiger partial charge in [-0.2, -0.15) is 0 Å². The molecule has 4 aromatic rings. The van der Waals surface area contributed by atoms with Crippen LogP contribution in [0.15, 0.2) is 102 Å². The number of benzene rings is 3. The van der Waals surface area contributed by atoms with E-state index in [4.69, 9.17) is 4.42 Å². The molecule has 0 unspecified atom stereocenters. The molecule has 0 N–H and O–H groups in total. The van der Waals surface area contributed by atoms with Crippen LogP contribution in [0.2, 0.25) is 0 Å². The first-order valence-corrected chi connectivity index (χ1v) is 9.69. The Labute approximate surface area is 170 Å². The van der Waals surface area contributed by atoms with Gasteiger partial charge in [0, 0.05) is 24.1 Å². The molecule has 1 heterocycles. The number of nitrogens with zero attached hydrogens (tertiary/aromatic N) is 2. The summed E-state index contributed by atoms with van der Waals surface area (Å²) >= 11 is 0. The Bertz CT molecular complexity index is 1040. The molecule has 0 aliphatic rings. The van der Waals surface area contributed by atoms with E-state index in [1.54, 1.807) is 6.20 Å². The van der Waals surface area contributed by atoms with Gasteiger partial charge in [-0.25, -0.2) is 4.98 Å². The van der Waals surface area contributed by atoms with Crippen molar-refractivity contribution in [3.8, 4) is 11.3 Å². The van der Waals surface area contributed by atoms with Crippen molar-refractivity contribution in [2.45, 2.75) is 19.4 Å². The van der Waals surface area contributed by atoms with Crippen molar-refractivity contribution in [1.82, 2.24) is 4.98 Å². The quantitative estimate of drug-likeness (QED) is 0.423. The van der Waals surface area contributed by atoms with E-state index in [2.05, 4.69) is 4.98 Å². The molecule has 0 spiro atoms. The van der Waals surface area contributed by atoms with Gasteiger partial charge < -0.3 is 9.32 Å². The number of anilines is 1. The Morgan fingerprint density at radius 2 is 1.45 bits per heavy atom. The van der Waals surface area contributed by atoms with Crippen molar-refractivity contribution in [3.05, 3.63) is 109 Å². The zero-order chi connectivity index (χ0) is 19.9. The molecule has 4 nitrogen and oxygen atoms in total. The van der Waals surface area contributed by atoms with E-state index in [1.165, 1.54) is 0 Å². The zero-order valence-corrected chi connectivity index (χ0v) is 16.1. The maximum Gasteiger partial charge on any atom is 0.227 e.